The number of rotatable bonds is 3. The lowest BCUT2D eigenvalue weighted by Crippen LogP contribution is -2.10. The van der Waals surface area contributed by atoms with Crippen LogP contribution in [0.5, 0.6) is 17.2 Å². The highest BCUT2D eigenvalue weighted by Crippen LogP contribution is 2.40. The van der Waals surface area contributed by atoms with E-state index in [9.17, 15) is 19.3 Å². The Morgan fingerprint density at radius 3 is 2.83 bits per heavy atom. The van der Waals surface area contributed by atoms with Crippen LogP contribution in [0, 0.1) is 15.9 Å². The summed E-state index contributed by atoms with van der Waals surface area (Å²) in [4.78, 5) is 22.2. The molecule has 0 bridgehead atoms. The number of fused-ring (bicyclic) bond motifs is 1. The molecule has 0 N–H and O–H groups in total. The van der Waals surface area contributed by atoms with Crippen molar-refractivity contribution in [1.82, 2.24) is 0 Å². The number of halogens is 2. The van der Waals surface area contributed by atoms with Gasteiger partial charge in [-0.05, 0) is 18.2 Å². The fourth-order valence-corrected chi connectivity index (χ4v) is 2.23. The molecule has 3 rings (SSSR count). The summed E-state index contributed by atoms with van der Waals surface area (Å²) in [6.07, 6.45) is 0. The van der Waals surface area contributed by atoms with Crippen molar-refractivity contribution >= 4 is 23.3 Å². The predicted molar refractivity (Wildman–Crippen MR) is 75.6 cm³/mol. The molecule has 1 heterocycles. The maximum atomic E-state index is 13.2. The number of nitro groups is 1. The van der Waals surface area contributed by atoms with Gasteiger partial charge in [0, 0.05) is 12.1 Å². The zero-order valence-electron chi connectivity index (χ0n) is 11.2. The van der Waals surface area contributed by atoms with Crippen molar-refractivity contribution < 1.29 is 28.3 Å². The molecule has 0 aliphatic carbocycles. The zero-order valence-corrected chi connectivity index (χ0v) is 12.0. The van der Waals surface area contributed by atoms with E-state index in [0.29, 0.717) is 5.75 Å². The van der Waals surface area contributed by atoms with Crippen molar-refractivity contribution in [3.05, 3.63) is 56.8 Å². The fraction of sp³-hybridized carbons (Fsp3) is 0.0714. The van der Waals surface area contributed by atoms with Gasteiger partial charge in [0.05, 0.1) is 15.5 Å². The molecular weight excluding hydrogens is 333 g/mol. The van der Waals surface area contributed by atoms with Crippen LogP contribution >= 0.6 is 11.6 Å². The third-order valence-corrected chi connectivity index (χ3v) is 3.26. The molecule has 7 nitrogen and oxygen atoms in total. The molecule has 1 aliphatic rings. The third kappa shape index (κ3) is 2.88. The topological polar surface area (TPSA) is 87.9 Å². The van der Waals surface area contributed by atoms with E-state index in [-0.39, 0.29) is 23.1 Å². The van der Waals surface area contributed by atoms with Crippen LogP contribution in [0.25, 0.3) is 0 Å². The summed E-state index contributed by atoms with van der Waals surface area (Å²) < 4.78 is 28.4. The molecule has 2 aromatic rings. The molecule has 0 spiro atoms. The maximum Gasteiger partial charge on any atom is 0.343 e. The van der Waals surface area contributed by atoms with E-state index in [1.165, 1.54) is 12.1 Å². The SMILES string of the molecule is O=C(Oc1cc(F)ccc1[N+](=O)[O-])c1cc(Cl)c2c(c1)OCO2. The number of nitro benzene ring substituents is 1. The van der Waals surface area contributed by atoms with Crippen LogP contribution in [-0.2, 0) is 0 Å². The predicted octanol–water partition coefficient (Wildman–Crippen LogP) is 3.34. The first kappa shape index (κ1) is 15.0. The normalized spacial score (nSPS) is 12.1. The van der Waals surface area contributed by atoms with Gasteiger partial charge in [-0.25, -0.2) is 9.18 Å². The number of hydrogen-bond donors (Lipinski definition) is 0. The van der Waals surface area contributed by atoms with Gasteiger partial charge >= 0.3 is 11.7 Å². The molecule has 0 saturated carbocycles. The van der Waals surface area contributed by atoms with Gasteiger partial charge in [-0.2, -0.15) is 0 Å². The van der Waals surface area contributed by atoms with Crippen molar-refractivity contribution in [1.29, 1.82) is 0 Å². The molecule has 0 atom stereocenters. The lowest BCUT2D eigenvalue weighted by molar-refractivity contribution is -0.385. The average molecular weight is 340 g/mol. The molecule has 9 heteroatoms. The van der Waals surface area contributed by atoms with Gasteiger partial charge in [0.2, 0.25) is 12.5 Å². The molecule has 118 valence electrons. The first-order chi connectivity index (χ1) is 11.0. The summed E-state index contributed by atoms with van der Waals surface area (Å²) in [6, 6.07) is 5.15. The van der Waals surface area contributed by atoms with Gasteiger partial charge in [-0.1, -0.05) is 11.6 Å². The molecular formula is C14H7ClFNO6. The quantitative estimate of drug-likeness (QED) is 0.369. The van der Waals surface area contributed by atoms with E-state index < -0.39 is 28.1 Å². The molecule has 0 radical (unpaired) electrons. The van der Waals surface area contributed by atoms with Crippen LogP contribution in [0.1, 0.15) is 10.4 Å². The van der Waals surface area contributed by atoms with E-state index >= 15 is 0 Å². The summed E-state index contributed by atoms with van der Waals surface area (Å²) >= 11 is 5.95. The number of esters is 1. The molecule has 23 heavy (non-hydrogen) atoms. The van der Waals surface area contributed by atoms with Crippen LogP contribution in [0.4, 0.5) is 10.1 Å². The van der Waals surface area contributed by atoms with E-state index in [4.69, 9.17) is 25.8 Å². The lowest BCUT2D eigenvalue weighted by Gasteiger charge is -2.07. The number of benzene rings is 2. The lowest BCUT2D eigenvalue weighted by atomic mass is 10.2. The molecule has 0 aromatic heterocycles. The van der Waals surface area contributed by atoms with Crippen LogP contribution in [-0.4, -0.2) is 17.7 Å². The highest BCUT2D eigenvalue weighted by atomic mass is 35.5. The first-order valence-corrected chi connectivity index (χ1v) is 6.59. The summed E-state index contributed by atoms with van der Waals surface area (Å²) in [5.74, 6) is -1.69. The highest BCUT2D eigenvalue weighted by Gasteiger charge is 2.24. The Balaban J connectivity index is 1.93. The second-order valence-electron chi connectivity index (χ2n) is 4.45. The molecule has 0 saturated heterocycles. The van der Waals surface area contributed by atoms with Crippen molar-refractivity contribution in [3.63, 3.8) is 0 Å². The van der Waals surface area contributed by atoms with Crippen LogP contribution < -0.4 is 14.2 Å². The maximum absolute atomic E-state index is 13.2. The van der Waals surface area contributed by atoms with Crippen molar-refractivity contribution in [3.8, 4) is 17.2 Å². The Morgan fingerprint density at radius 2 is 2.09 bits per heavy atom. The Hall–Kier alpha value is -2.87. The van der Waals surface area contributed by atoms with E-state index in [1.807, 2.05) is 0 Å². The van der Waals surface area contributed by atoms with E-state index in [0.717, 1.165) is 18.2 Å². The summed E-state index contributed by atoms with van der Waals surface area (Å²) in [5, 5.41) is 11.0. The van der Waals surface area contributed by atoms with Crippen LogP contribution in [0.2, 0.25) is 5.02 Å². The summed E-state index contributed by atoms with van der Waals surface area (Å²) in [6.45, 7) is -0.0388. The minimum Gasteiger partial charge on any atom is -0.454 e. The van der Waals surface area contributed by atoms with Crippen LogP contribution in [0.15, 0.2) is 30.3 Å². The standard InChI is InChI=1S/C14H7ClFNO6/c15-9-3-7(4-12-13(9)22-6-21-12)14(18)23-11-5-8(16)1-2-10(11)17(19)20/h1-5H,6H2. The van der Waals surface area contributed by atoms with Crippen molar-refractivity contribution in [2.45, 2.75) is 0 Å². The van der Waals surface area contributed by atoms with Gasteiger partial charge in [0.1, 0.15) is 5.82 Å². The second-order valence-corrected chi connectivity index (χ2v) is 4.86. The number of carbonyl (C=O) groups excluding carboxylic acids is 1. The van der Waals surface area contributed by atoms with Gasteiger partial charge in [0.15, 0.2) is 11.5 Å². The number of nitrogens with zero attached hydrogens (tertiary/aromatic N) is 1. The minimum absolute atomic E-state index is 0.0159. The fourth-order valence-electron chi connectivity index (χ4n) is 1.96. The third-order valence-electron chi connectivity index (χ3n) is 2.98. The first-order valence-electron chi connectivity index (χ1n) is 6.21. The van der Waals surface area contributed by atoms with Gasteiger partial charge < -0.3 is 14.2 Å². The largest absolute Gasteiger partial charge is 0.454 e. The van der Waals surface area contributed by atoms with Gasteiger partial charge in [-0.15, -0.1) is 0 Å². The Bertz CT molecular complexity index is 825. The number of carbonyl (C=O) groups is 1. The monoisotopic (exact) mass is 339 g/mol. The second kappa shape index (κ2) is 5.73. The van der Waals surface area contributed by atoms with E-state index in [1.54, 1.807) is 0 Å². The molecule has 1 aliphatic heterocycles. The summed E-state index contributed by atoms with van der Waals surface area (Å²) in [7, 11) is 0. The Kier molecular flexibility index (Phi) is 3.75. The Labute approximate surface area is 133 Å². The van der Waals surface area contributed by atoms with Gasteiger partial charge in [-0.3, -0.25) is 10.1 Å². The molecule has 0 fully saturated rings. The molecule has 2 aromatic carbocycles. The number of hydrogen-bond acceptors (Lipinski definition) is 6. The van der Waals surface area contributed by atoms with E-state index in [2.05, 4.69) is 0 Å². The number of ether oxygens (including phenoxy) is 3. The minimum atomic E-state index is -0.945. The Morgan fingerprint density at radius 1 is 1.30 bits per heavy atom. The smallest absolute Gasteiger partial charge is 0.343 e. The zero-order chi connectivity index (χ0) is 16.6. The van der Waals surface area contributed by atoms with Crippen LogP contribution in [0.3, 0.4) is 0 Å². The summed E-state index contributed by atoms with van der Waals surface area (Å²) in [5.41, 5.74) is -0.551. The van der Waals surface area contributed by atoms with Gasteiger partial charge in [0.25, 0.3) is 0 Å². The van der Waals surface area contributed by atoms with Crippen molar-refractivity contribution in [2.75, 3.05) is 6.79 Å². The molecule has 0 amide bonds. The highest BCUT2D eigenvalue weighted by molar-refractivity contribution is 6.32. The average Bonchev–Trinajstić information content (AvgIpc) is 2.96. The van der Waals surface area contributed by atoms with Crippen molar-refractivity contribution in [2.24, 2.45) is 0 Å². The molecule has 0 unspecified atom stereocenters.